The molecule has 0 aromatic rings. The lowest BCUT2D eigenvalue weighted by molar-refractivity contribution is -0.158. The molecule has 1 aliphatic heterocycles. The van der Waals surface area contributed by atoms with Gasteiger partial charge < -0.3 is 19.5 Å². The van der Waals surface area contributed by atoms with Gasteiger partial charge in [-0.1, -0.05) is 6.92 Å². The van der Waals surface area contributed by atoms with E-state index in [-0.39, 0.29) is 12.5 Å². The van der Waals surface area contributed by atoms with E-state index in [0.29, 0.717) is 32.6 Å². The van der Waals surface area contributed by atoms with Crippen molar-refractivity contribution in [3.63, 3.8) is 0 Å². The average Bonchev–Trinajstić information content (AvgIpc) is 2.79. The number of methoxy groups -OCH3 is 1. The van der Waals surface area contributed by atoms with Crippen LogP contribution in [-0.2, 0) is 19.1 Å². The van der Waals surface area contributed by atoms with Crippen LogP contribution in [0, 0.1) is 0 Å². The van der Waals surface area contributed by atoms with Crippen molar-refractivity contribution in [1.82, 2.24) is 4.90 Å². The van der Waals surface area contributed by atoms with Crippen LogP contribution in [0.25, 0.3) is 0 Å². The van der Waals surface area contributed by atoms with Crippen molar-refractivity contribution in [2.24, 2.45) is 0 Å². The van der Waals surface area contributed by atoms with Crippen LogP contribution in [0.1, 0.15) is 26.2 Å². The van der Waals surface area contributed by atoms with E-state index < -0.39 is 11.5 Å². The van der Waals surface area contributed by atoms with E-state index in [9.17, 15) is 14.7 Å². The second-order valence-electron chi connectivity index (χ2n) is 4.38. The van der Waals surface area contributed by atoms with Crippen LogP contribution in [-0.4, -0.2) is 60.9 Å². The molecule has 104 valence electrons. The van der Waals surface area contributed by atoms with Crippen molar-refractivity contribution in [2.75, 3.05) is 33.5 Å². The third kappa shape index (κ3) is 3.00. The minimum atomic E-state index is -1.04. The number of rotatable bonds is 7. The fraction of sp³-hybridized carbons (Fsp3) is 0.833. The van der Waals surface area contributed by atoms with Crippen LogP contribution in [0.5, 0.6) is 0 Å². The monoisotopic (exact) mass is 259 g/mol. The first kappa shape index (κ1) is 14.9. The second kappa shape index (κ2) is 6.70. The van der Waals surface area contributed by atoms with Gasteiger partial charge in [0.1, 0.15) is 12.1 Å². The number of nitrogens with zero attached hydrogens (tertiary/aromatic N) is 1. The highest BCUT2D eigenvalue weighted by Crippen LogP contribution is 2.32. The Bertz CT molecular complexity index is 307. The summed E-state index contributed by atoms with van der Waals surface area (Å²) in [6, 6.07) is 0. The summed E-state index contributed by atoms with van der Waals surface area (Å²) in [5.74, 6) is -1.18. The van der Waals surface area contributed by atoms with Crippen molar-refractivity contribution in [3.8, 4) is 0 Å². The Hall–Kier alpha value is -1.14. The van der Waals surface area contributed by atoms with Gasteiger partial charge in [0.15, 0.2) is 0 Å². The Balaban J connectivity index is 2.58. The van der Waals surface area contributed by atoms with Crippen LogP contribution >= 0.6 is 0 Å². The fourth-order valence-corrected chi connectivity index (χ4v) is 2.36. The number of carbonyl (C=O) groups is 2. The summed E-state index contributed by atoms with van der Waals surface area (Å²) < 4.78 is 9.96. The Morgan fingerprint density at radius 2 is 2.11 bits per heavy atom. The van der Waals surface area contributed by atoms with Crippen molar-refractivity contribution >= 4 is 11.9 Å². The molecule has 0 bridgehead atoms. The Morgan fingerprint density at radius 1 is 1.39 bits per heavy atom. The van der Waals surface area contributed by atoms with Gasteiger partial charge in [0, 0.05) is 13.7 Å². The molecule has 1 rings (SSSR count). The number of ether oxygens (including phenoxy) is 2. The maximum atomic E-state index is 12.0. The molecule has 18 heavy (non-hydrogen) atoms. The smallest absolute Gasteiger partial charge is 0.329 e. The lowest BCUT2D eigenvalue weighted by Gasteiger charge is -2.33. The average molecular weight is 259 g/mol. The normalized spacial score (nSPS) is 23.3. The van der Waals surface area contributed by atoms with Gasteiger partial charge in [-0.25, -0.2) is 4.79 Å². The first-order chi connectivity index (χ1) is 8.58. The maximum Gasteiger partial charge on any atom is 0.329 e. The summed E-state index contributed by atoms with van der Waals surface area (Å²) in [4.78, 5) is 24.8. The molecule has 6 nitrogen and oxygen atoms in total. The molecule has 1 heterocycles. The second-order valence-corrected chi connectivity index (χ2v) is 4.38. The Morgan fingerprint density at radius 3 is 2.67 bits per heavy atom. The largest absolute Gasteiger partial charge is 0.479 e. The topological polar surface area (TPSA) is 76.1 Å². The number of aliphatic carboxylic acids is 1. The Kier molecular flexibility index (Phi) is 5.55. The van der Waals surface area contributed by atoms with E-state index in [1.165, 1.54) is 4.90 Å². The van der Waals surface area contributed by atoms with Gasteiger partial charge in [0.2, 0.25) is 5.91 Å². The number of likely N-dealkylation sites (tertiary alicyclic amines) is 1. The first-order valence-electron chi connectivity index (χ1n) is 6.19. The van der Waals surface area contributed by atoms with Gasteiger partial charge in [-0.3, -0.25) is 4.79 Å². The zero-order chi connectivity index (χ0) is 13.6. The molecular formula is C12H21NO5. The lowest BCUT2D eigenvalue weighted by Crippen LogP contribution is -2.53. The van der Waals surface area contributed by atoms with Crippen LogP contribution in [0.3, 0.4) is 0 Å². The number of hydrogen-bond donors (Lipinski definition) is 1. The predicted octanol–water partition coefficient (Wildman–Crippen LogP) is 0.505. The molecule has 1 saturated heterocycles. The van der Waals surface area contributed by atoms with Crippen molar-refractivity contribution in [2.45, 2.75) is 31.7 Å². The zero-order valence-corrected chi connectivity index (χ0v) is 11.0. The third-order valence-electron chi connectivity index (χ3n) is 3.43. The molecule has 0 radical (unpaired) electrons. The summed E-state index contributed by atoms with van der Waals surface area (Å²) in [6.07, 6.45) is 1.67. The minimum Gasteiger partial charge on any atom is -0.479 e. The van der Waals surface area contributed by atoms with E-state index >= 15 is 0 Å². The molecule has 1 N–H and O–H groups in total. The minimum absolute atomic E-state index is 0.0849. The van der Waals surface area contributed by atoms with Crippen molar-refractivity contribution < 1.29 is 24.2 Å². The summed E-state index contributed by atoms with van der Waals surface area (Å²) in [5, 5.41) is 9.34. The molecule has 0 aromatic heterocycles. The van der Waals surface area contributed by atoms with Crippen LogP contribution in [0.2, 0.25) is 0 Å². The van der Waals surface area contributed by atoms with E-state index in [1.54, 1.807) is 14.0 Å². The molecule has 6 heteroatoms. The number of hydrogen-bond acceptors (Lipinski definition) is 4. The van der Waals surface area contributed by atoms with Gasteiger partial charge in [-0.15, -0.1) is 0 Å². The zero-order valence-electron chi connectivity index (χ0n) is 11.0. The van der Waals surface area contributed by atoms with E-state index in [0.717, 1.165) is 6.42 Å². The fourth-order valence-electron chi connectivity index (χ4n) is 2.36. The highest BCUT2D eigenvalue weighted by molar-refractivity contribution is 5.88. The molecule has 0 saturated carbocycles. The Labute approximate surface area is 107 Å². The van der Waals surface area contributed by atoms with E-state index in [4.69, 9.17) is 9.47 Å². The molecule has 0 aliphatic carbocycles. The highest BCUT2D eigenvalue weighted by atomic mass is 16.5. The molecular weight excluding hydrogens is 238 g/mol. The molecule has 1 amide bonds. The van der Waals surface area contributed by atoms with Gasteiger partial charge in [-0.05, 0) is 19.3 Å². The summed E-state index contributed by atoms with van der Waals surface area (Å²) in [5.41, 5.74) is -1.04. The van der Waals surface area contributed by atoms with Crippen LogP contribution < -0.4 is 0 Å². The number of amides is 1. The summed E-state index contributed by atoms with van der Waals surface area (Å²) >= 11 is 0. The van der Waals surface area contributed by atoms with Crippen molar-refractivity contribution in [1.29, 1.82) is 0 Å². The SMILES string of the molecule is CCC1(C(=O)O)CCCN1C(=O)COCCOC. The van der Waals surface area contributed by atoms with E-state index in [2.05, 4.69) is 0 Å². The molecule has 0 spiro atoms. The quantitative estimate of drug-likeness (QED) is 0.674. The summed E-state index contributed by atoms with van der Waals surface area (Å²) in [7, 11) is 1.55. The summed E-state index contributed by atoms with van der Waals surface area (Å²) in [6.45, 7) is 2.96. The number of carboxylic acids is 1. The molecule has 0 aromatic carbocycles. The van der Waals surface area contributed by atoms with Crippen LogP contribution in [0.4, 0.5) is 0 Å². The molecule has 1 fully saturated rings. The lowest BCUT2D eigenvalue weighted by atomic mass is 9.93. The third-order valence-corrected chi connectivity index (χ3v) is 3.43. The van der Waals surface area contributed by atoms with Gasteiger partial charge in [-0.2, -0.15) is 0 Å². The number of carboxylic acid groups (broad SMARTS) is 1. The van der Waals surface area contributed by atoms with Gasteiger partial charge in [0.05, 0.1) is 13.2 Å². The standard InChI is InChI=1S/C12H21NO5/c1-3-12(11(15)16)5-4-6-13(12)10(14)9-18-8-7-17-2/h3-9H2,1-2H3,(H,15,16). The predicted molar refractivity (Wildman–Crippen MR) is 64.3 cm³/mol. The molecule has 1 unspecified atom stereocenters. The van der Waals surface area contributed by atoms with E-state index in [1.807, 2.05) is 0 Å². The highest BCUT2D eigenvalue weighted by Gasteiger charge is 2.48. The maximum absolute atomic E-state index is 12.0. The molecule has 1 aliphatic rings. The van der Waals surface area contributed by atoms with Gasteiger partial charge in [0.25, 0.3) is 0 Å². The van der Waals surface area contributed by atoms with Gasteiger partial charge >= 0.3 is 5.97 Å². The number of carbonyl (C=O) groups excluding carboxylic acids is 1. The first-order valence-corrected chi connectivity index (χ1v) is 6.19. The van der Waals surface area contributed by atoms with Crippen LogP contribution in [0.15, 0.2) is 0 Å². The molecule has 1 atom stereocenters. The van der Waals surface area contributed by atoms with Crippen molar-refractivity contribution in [3.05, 3.63) is 0 Å².